The van der Waals surface area contributed by atoms with Crippen LogP contribution in [0.15, 0.2) is 65.8 Å². The molecule has 1 N–H and O–H groups in total. The van der Waals surface area contributed by atoms with E-state index >= 15 is 0 Å². The number of aromatic nitrogens is 4. The molecule has 1 aliphatic heterocycles. The highest BCUT2D eigenvalue weighted by atomic mass is 19.1. The van der Waals surface area contributed by atoms with E-state index in [1.54, 1.807) is 25.4 Å². The van der Waals surface area contributed by atoms with Gasteiger partial charge in [-0.3, -0.25) is 9.78 Å². The molecule has 0 unspecified atom stereocenters. The molecule has 9 heteroatoms. The molecule has 0 saturated carbocycles. The van der Waals surface area contributed by atoms with Crippen molar-refractivity contribution in [1.82, 2.24) is 25.0 Å². The molecule has 35 heavy (non-hydrogen) atoms. The average Bonchev–Trinajstić information content (AvgIpc) is 3.39. The number of pyridine rings is 1. The van der Waals surface area contributed by atoms with Crippen molar-refractivity contribution in [3.05, 3.63) is 72.9 Å². The Labute approximate surface area is 202 Å². The minimum atomic E-state index is -0.397. The van der Waals surface area contributed by atoms with Crippen LogP contribution in [0.25, 0.3) is 22.4 Å². The zero-order chi connectivity index (χ0) is 24.4. The Hall–Kier alpha value is -4.14. The lowest BCUT2D eigenvalue weighted by Gasteiger charge is -2.37. The maximum atomic E-state index is 14.4. The summed E-state index contributed by atoms with van der Waals surface area (Å²) in [6.45, 7) is 4.22. The molecule has 178 valence electrons. The van der Waals surface area contributed by atoms with E-state index < -0.39 is 5.82 Å². The second-order valence-electron chi connectivity index (χ2n) is 8.80. The van der Waals surface area contributed by atoms with Gasteiger partial charge in [0.05, 0.1) is 11.9 Å². The third-order valence-electron chi connectivity index (χ3n) is 6.29. The van der Waals surface area contributed by atoms with Crippen LogP contribution in [0, 0.1) is 5.82 Å². The van der Waals surface area contributed by atoms with E-state index in [2.05, 4.69) is 22.4 Å². The highest BCUT2D eigenvalue weighted by Gasteiger charge is 2.30. The fourth-order valence-corrected chi connectivity index (χ4v) is 4.45. The van der Waals surface area contributed by atoms with Crippen molar-refractivity contribution in [1.29, 1.82) is 0 Å². The molecule has 0 spiro atoms. The first-order valence-corrected chi connectivity index (χ1v) is 11.5. The number of rotatable bonds is 5. The molecule has 0 bridgehead atoms. The molecule has 5 rings (SSSR count). The Morgan fingerprint density at radius 1 is 1.11 bits per heavy atom. The van der Waals surface area contributed by atoms with Crippen LogP contribution >= 0.6 is 0 Å². The first kappa shape index (κ1) is 22.6. The van der Waals surface area contributed by atoms with Crippen LogP contribution in [0.5, 0.6) is 0 Å². The van der Waals surface area contributed by atoms with E-state index in [1.165, 1.54) is 24.6 Å². The highest BCUT2D eigenvalue weighted by molar-refractivity contribution is 5.74. The summed E-state index contributed by atoms with van der Waals surface area (Å²) in [5.41, 5.74) is 3.39. The van der Waals surface area contributed by atoms with Gasteiger partial charge in [-0.2, -0.15) is 0 Å². The summed E-state index contributed by atoms with van der Waals surface area (Å²) in [5, 5.41) is 6.94. The highest BCUT2D eigenvalue weighted by Crippen LogP contribution is 2.32. The van der Waals surface area contributed by atoms with Gasteiger partial charge in [0.15, 0.2) is 0 Å². The van der Waals surface area contributed by atoms with Crippen molar-refractivity contribution < 1.29 is 13.7 Å². The van der Waals surface area contributed by atoms with Gasteiger partial charge in [0, 0.05) is 60.7 Å². The van der Waals surface area contributed by atoms with Gasteiger partial charge in [-0.25, -0.2) is 14.4 Å². The van der Waals surface area contributed by atoms with Gasteiger partial charge in [0.25, 0.3) is 0 Å². The van der Waals surface area contributed by atoms with Crippen molar-refractivity contribution in [3.8, 4) is 22.4 Å². The Kier molecular flexibility index (Phi) is 6.22. The number of carbonyl (C=O) groups excluding carboxylic acids is 1. The first-order chi connectivity index (χ1) is 17.0. The second kappa shape index (κ2) is 9.61. The number of amides is 1. The van der Waals surface area contributed by atoms with Crippen molar-refractivity contribution in [2.24, 2.45) is 0 Å². The van der Waals surface area contributed by atoms with Gasteiger partial charge in [-0.15, -0.1) is 0 Å². The maximum absolute atomic E-state index is 14.4. The fraction of sp³-hybridized carbons (Fsp3) is 0.269. The number of hydrogen-bond donors (Lipinski definition) is 1. The number of benzene rings is 1. The lowest BCUT2D eigenvalue weighted by molar-refractivity contribution is -0.132. The quantitative estimate of drug-likeness (QED) is 0.427. The largest absolute Gasteiger partial charge is 0.364 e. The molecular formula is C26H25FN6O2. The van der Waals surface area contributed by atoms with E-state index in [9.17, 15) is 9.18 Å². The molecule has 0 aliphatic carbocycles. The predicted molar refractivity (Wildman–Crippen MR) is 129 cm³/mol. The molecule has 8 nitrogen and oxygen atoms in total. The van der Waals surface area contributed by atoms with Crippen LogP contribution in [0.3, 0.4) is 0 Å². The molecule has 1 saturated heterocycles. The summed E-state index contributed by atoms with van der Waals surface area (Å²) in [6.07, 6.45) is 8.20. The molecule has 3 aromatic heterocycles. The summed E-state index contributed by atoms with van der Waals surface area (Å²) in [4.78, 5) is 27.9. The summed E-state index contributed by atoms with van der Waals surface area (Å²) in [5.74, 6) is 0.815. The van der Waals surface area contributed by atoms with Gasteiger partial charge in [0.1, 0.15) is 23.7 Å². The van der Waals surface area contributed by atoms with Gasteiger partial charge in [0.2, 0.25) is 5.91 Å². The van der Waals surface area contributed by atoms with Crippen LogP contribution in [0.4, 0.5) is 15.9 Å². The molecule has 4 aromatic rings. The van der Waals surface area contributed by atoms with Crippen molar-refractivity contribution in [3.63, 3.8) is 0 Å². The number of likely N-dealkylation sites (tertiary alicyclic amines) is 1. The minimum Gasteiger partial charge on any atom is -0.364 e. The van der Waals surface area contributed by atoms with E-state index in [-0.39, 0.29) is 17.9 Å². The summed E-state index contributed by atoms with van der Waals surface area (Å²) in [7, 11) is 0. The Morgan fingerprint density at radius 2 is 2.00 bits per heavy atom. The molecule has 4 heterocycles. The molecule has 1 aliphatic rings. The van der Waals surface area contributed by atoms with Crippen molar-refractivity contribution >= 4 is 17.4 Å². The first-order valence-electron chi connectivity index (χ1n) is 11.5. The van der Waals surface area contributed by atoms with E-state index in [0.29, 0.717) is 40.7 Å². The lowest BCUT2D eigenvalue weighted by atomic mass is 9.92. The number of nitrogens with one attached hydrogen (secondary N) is 1. The van der Waals surface area contributed by atoms with E-state index in [4.69, 9.17) is 14.5 Å². The van der Waals surface area contributed by atoms with Gasteiger partial charge in [-0.1, -0.05) is 5.16 Å². The Bertz CT molecular complexity index is 1330. The molecule has 1 aromatic carbocycles. The maximum Gasteiger partial charge on any atom is 0.219 e. The van der Waals surface area contributed by atoms with Crippen LogP contribution in [0.1, 0.15) is 38.4 Å². The SMILES string of the molecule is CC(=O)N1C[C@H](c2nc(Nc3cc(F)cc(-c4cnoc4)c3)cc(-c3cccnc3)n2)CC[C@@H]1C. The number of halogens is 1. The summed E-state index contributed by atoms with van der Waals surface area (Å²) >= 11 is 0. The second-order valence-corrected chi connectivity index (χ2v) is 8.80. The number of carbonyl (C=O) groups is 1. The fourth-order valence-electron chi connectivity index (χ4n) is 4.45. The number of hydrogen-bond acceptors (Lipinski definition) is 7. The zero-order valence-corrected chi connectivity index (χ0v) is 19.5. The molecule has 1 amide bonds. The zero-order valence-electron chi connectivity index (χ0n) is 19.5. The van der Waals surface area contributed by atoms with E-state index in [0.717, 1.165) is 18.4 Å². The van der Waals surface area contributed by atoms with Gasteiger partial charge >= 0.3 is 0 Å². The Morgan fingerprint density at radius 3 is 2.74 bits per heavy atom. The number of anilines is 2. The van der Waals surface area contributed by atoms with Crippen molar-refractivity contribution in [2.45, 2.75) is 38.6 Å². The van der Waals surface area contributed by atoms with Crippen molar-refractivity contribution in [2.75, 3.05) is 11.9 Å². The third-order valence-corrected chi connectivity index (χ3v) is 6.29. The summed E-state index contributed by atoms with van der Waals surface area (Å²) < 4.78 is 19.3. The minimum absolute atomic E-state index is 0.00709. The molecular weight excluding hydrogens is 447 g/mol. The normalized spacial score (nSPS) is 17.9. The Balaban J connectivity index is 1.52. The topological polar surface area (TPSA) is 97.0 Å². The predicted octanol–water partition coefficient (Wildman–Crippen LogP) is 5.19. The van der Waals surface area contributed by atoms with Gasteiger partial charge < -0.3 is 14.7 Å². The number of nitrogens with zero attached hydrogens (tertiary/aromatic N) is 5. The molecule has 2 atom stereocenters. The lowest BCUT2D eigenvalue weighted by Crippen LogP contribution is -2.44. The van der Waals surface area contributed by atoms with Crippen LogP contribution < -0.4 is 5.32 Å². The smallest absolute Gasteiger partial charge is 0.219 e. The van der Waals surface area contributed by atoms with Crippen LogP contribution in [-0.4, -0.2) is 43.5 Å². The van der Waals surface area contributed by atoms with Crippen LogP contribution in [0.2, 0.25) is 0 Å². The standard InChI is InChI=1S/C26H25FN6O2/c1-16-5-6-19(14-33(16)17(2)34)26-31-24(18-4-3-7-28-12-18)11-25(32-26)30-23-9-20(8-22(27)10-23)21-13-29-35-15-21/h3-4,7-13,15-16,19H,5-6,14H2,1-2H3,(H,30,31,32)/t16-,19+/m0/s1. The van der Waals surface area contributed by atoms with Crippen LogP contribution in [-0.2, 0) is 4.79 Å². The third kappa shape index (κ3) is 5.03. The average molecular weight is 473 g/mol. The van der Waals surface area contributed by atoms with Gasteiger partial charge in [-0.05, 0) is 55.7 Å². The monoisotopic (exact) mass is 472 g/mol. The van der Waals surface area contributed by atoms with E-state index in [1.807, 2.05) is 23.1 Å². The molecule has 1 fully saturated rings. The summed E-state index contributed by atoms with van der Waals surface area (Å²) in [6, 6.07) is 10.4. The molecule has 0 radical (unpaired) electrons. The number of piperidine rings is 1.